The molecule has 0 heterocycles. The van der Waals surface area contributed by atoms with E-state index in [1.165, 1.54) is 0 Å². The standard InChI is InChI=1S/C15H20O2/c1-13(9-6-10-15(3)12-17)7-4-5-8-14(2)11-16/h4-10,12,16H,11H2,1-3H3/b5-4+,9-6+,13-7+,14-8+,15-10+. The van der Waals surface area contributed by atoms with E-state index >= 15 is 0 Å². The van der Waals surface area contributed by atoms with Crippen LogP contribution in [0.1, 0.15) is 20.8 Å². The molecule has 0 aromatic heterocycles. The summed E-state index contributed by atoms with van der Waals surface area (Å²) in [6, 6.07) is 0. The highest BCUT2D eigenvalue weighted by Gasteiger charge is 1.81. The quantitative estimate of drug-likeness (QED) is 0.434. The van der Waals surface area contributed by atoms with Crippen LogP contribution in [0.4, 0.5) is 0 Å². The van der Waals surface area contributed by atoms with E-state index in [9.17, 15) is 4.79 Å². The summed E-state index contributed by atoms with van der Waals surface area (Å²) in [5, 5.41) is 8.77. The van der Waals surface area contributed by atoms with Crippen LogP contribution in [0.25, 0.3) is 0 Å². The van der Waals surface area contributed by atoms with Crippen LogP contribution >= 0.6 is 0 Å². The summed E-state index contributed by atoms with van der Waals surface area (Å²) in [7, 11) is 0. The predicted molar refractivity (Wildman–Crippen MR) is 72.7 cm³/mol. The van der Waals surface area contributed by atoms with Crippen molar-refractivity contribution in [3.05, 3.63) is 59.3 Å². The van der Waals surface area contributed by atoms with Crippen molar-refractivity contribution in [2.24, 2.45) is 0 Å². The Balaban J connectivity index is 4.33. The molecule has 0 atom stereocenters. The average Bonchev–Trinajstić information content (AvgIpc) is 2.33. The number of allylic oxidation sites excluding steroid dienone is 9. The molecular formula is C15H20O2. The van der Waals surface area contributed by atoms with E-state index in [1.54, 1.807) is 13.0 Å². The SMILES string of the molecule is C\C(C=O)=C/C=C/C(C)=C/C=C/C=C(\C)CO. The third-order valence-corrected chi connectivity index (χ3v) is 2.00. The first-order chi connectivity index (χ1) is 8.10. The Hall–Kier alpha value is -1.67. The molecule has 0 aromatic carbocycles. The number of carbonyl (C=O) groups is 1. The molecule has 92 valence electrons. The van der Waals surface area contributed by atoms with E-state index < -0.39 is 0 Å². The Morgan fingerprint density at radius 2 is 1.53 bits per heavy atom. The lowest BCUT2D eigenvalue weighted by molar-refractivity contribution is -0.104. The molecule has 2 heteroatoms. The van der Waals surface area contributed by atoms with Crippen molar-refractivity contribution in [1.82, 2.24) is 0 Å². The second-order valence-corrected chi connectivity index (χ2v) is 3.85. The van der Waals surface area contributed by atoms with Crippen LogP contribution in [0.5, 0.6) is 0 Å². The smallest absolute Gasteiger partial charge is 0.145 e. The highest BCUT2D eigenvalue weighted by atomic mass is 16.3. The van der Waals surface area contributed by atoms with E-state index in [0.29, 0.717) is 5.57 Å². The largest absolute Gasteiger partial charge is 0.392 e. The maximum absolute atomic E-state index is 10.3. The summed E-state index contributed by atoms with van der Waals surface area (Å²) in [5.74, 6) is 0. The van der Waals surface area contributed by atoms with Crippen molar-refractivity contribution in [2.45, 2.75) is 20.8 Å². The van der Waals surface area contributed by atoms with E-state index in [4.69, 9.17) is 5.11 Å². The van der Waals surface area contributed by atoms with Crippen LogP contribution in [0.2, 0.25) is 0 Å². The first-order valence-corrected chi connectivity index (χ1v) is 5.52. The minimum absolute atomic E-state index is 0.0860. The third-order valence-electron chi connectivity index (χ3n) is 2.00. The summed E-state index contributed by atoms with van der Waals surface area (Å²) in [6.07, 6.45) is 14.0. The molecule has 0 amide bonds. The van der Waals surface area contributed by atoms with E-state index in [-0.39, 0.29) is 6.61 Å². The number of hydrogen-bond acceptors (Lipinski definition) is 2. The molecule has 0 spiro atoms. The van der Waals surface area contributed by atoms with Crippen molar-refractivity contribution in [3.8, 4) is 0 Å². The lowest BCUT2D eigenvalue weighted by Crippen LogP contribution is -1.80. The Morgan fingerprint density at radius 1 is 0.941 bits per heavy atom. The minimum atomic E-state index is 0.0860. The van der Waals surface area contributed by atoms with Crippen molar-refractivity contribution in [2.75, 3.05) is 6.61 Å². The van der Waals surface area contributed by atoms with Crippen molar-refractivity contribution < 1.29 is 9.90 Å². The molecule has 0 aliphatic rings. The number of aldehydes is 1. The van der Waals surface area contributed by atoms with Gasteiger partial charge in [0.25, 0.3) is 0 Å². The van der Waals surface area contributed by atoms with E-state index in [2.05, 4.69) is 0 Å². The van der Waals surface area contributed by atoms with Crippen molar-refractivity contribution in [3.63, 3.8) is 0 Å². The molecule has 0 saturated heterocycles. The molecule has 2 nitrogen and oxygen atoms in total. The Morgan fingerprint density at radius 3 is 2.12 bits per heavy atom. The molecule has 0 aromatic rings. The topological polar surface area (TPSA) is 37.3 Å². The highest BCUT2D eigenvalue weighted by Crippen LogP contribution is 1.98. The molecule has 0 unspecified atom stereocenters. The van der Waals surface area contributed by atoms with Crippen LogP contribution in [-0.2, 0) is 4.79 Å². The molecule has 0 saturated carbocycles. The van der Waals surface area contributed by atoms with E-state index in [0.717, 1.165) is 17.4 Å². The molecule has 1 N–H and O–H groups in total. The summed E-state index contributed by atoms with van der Waals surface area (Å²) in [6.45, 7) is 5.70. The van der Waals surface area contributed by atoms with Crippen LogP contribution in [0, 0.1) is 0 Å². The maximum atomic E-state index is 10.3. The molecule has 0 rings (SSSR count). The minimum Gasteiger partial charge on any atom is -0.392 e. The van der Waals surface area contributed by atoms with Gasteiger partial charge in [-0.3, -0.25) is 4.79 Å². The Labute approximate surface area is 103 Å². The van der Waals surface area contributed by atoms with Crippen molar-refractivity contribution in [1.29, 1.82) is 0 Å². The van der Waals surface area contributed by atoms with Gasteiger partial charge in [0.2, 0.25) is 0 Å². The molecule has 0 bridgehead atoms. The number of aliphatic hydroxyl groups is 1. The predicted octanol–water partition coefficient (Wildman–Crippen LogP) is 3.13. The summed E-state index contributed by atoms with van der Waals surface area (Å²) >= 11 is 0. The number of rotatable bonds is 6. The zero-order chi connectivity index (χ0) is 13.1. The van der Waals surface area contributed by atoms with Gasteiger partial charge >= 0.3 is 0 Å². The molecule has 17 heavy (non-hydrogen) atoms. The van der Waals surface area contributed by atoms with Crippen LogP contribution in [0.15, 0.2) is 59.3 Å². The monoisotopic (exact) mass is 232 g/mol. The summed E-state index contributed by atoms with van der Waals surface area (Å²) < 4.78 is 0. The van der Waals surface area contributed by atoms with E-state index in [1.807, 2.05) is 50.3 Å². The highest BCUT2D eigenvalue weighted by molar-refractivity contribution is 5.72. The molecule has 0 aliphatic carbocycles. The Kier molecular flexibility index (Phi) is 8.61. The van der Waals surface area contributed by atoms with Gasteiger partial charge in [-0.1, -0.05) is 48.1 Å². The van der Waals surface area contributed by atoms with Gasteiger partial charge in [0.05, 0.1) is 6.61 Å². The van der Waals surface area contributed by atoms with Gasteiger partial charge in [0.15, 0.2) is 0 Å². The van der Waals surface area contributed by atoms with Crippen LogP contribution in [0.3, 0.4) is 0 Å². The van der Waals surface area contributed by atoms with Gasteiger partial charge in [-0.25, -0.2) is 0 Å². The number of carbonyl (C=O) groups excluding carboxylic acids is 1. The third kappa shape index (κ3) is 9.27. The van der Waals surface area contributed by atoms with Gasteiger partial charge in [0, 0.05) is 0 Å². The van der Waals surface area contributed by atoms with Crippen LogP contribution in [-0.4, -0.2) is 18.0 Å². The lowest BCUT2D eigenvalue weighted by Gasteiger charge is -1.89. The molecule has 0 aliphatic heterocycles. The van der Waals surface area contributed by atoms with Gasteiger partial charge in [0.1, 0.15) is 6.29 Å². The fourth-order valence-corrected chi connectivity index (χ4v) is 0.926. The average molecular weight is 232 g/mol. The summed E-state index contributed by atoms with van der Waals surface area (Å²) in [4.78, 5) is 10.3. The second-order valence-electron chi connectivity index (χ2n) is 3.85. The summed E-state index contributed by atoms with van der Waals surface area (Å²) in [5.41, 5.74) is 2.71. The zero-order valence-electron chi connectivity index (χ0n) is 10.7. The van der Waals surface area contributed by atoms with Gasteiger partial charge in [-0.2, -0.15) is 0 Å². The molecule has 0 radical (unpaired) electrons. The first kappa shape index (κ1) is 15.3. The maximum Gasteiger partial charge on any atom is 0.145 e. The number of hydrogen-bond donors (Lipinski definition) is 1. The molecular weight excluding hydrogens is 212 g/mol. The normalized spacial score (nSPS) is 14.9. The van der Waals surface area contributed by atoms with Crippen molar-refractivity contribution >= 4 is 6.29 Å². The first-order valence-electron chi connectivity index (χ1n) is 5.52. The van der Waals surface area contributed by atoms with Gasteiger partial charge in [-0.05, 0) is 31.9 Å². The number of aliphatic hydroxyl groups excluding tert-OH is 1. The zero-order valence-corrected chi connectivity index (χ0v) is 10.7. The molecule has 0 fully saturated rings. The lowest BCUT2D eigenvalue weighted by atomic mass is 10.2. The van der Waals surface area contributed by atoms with Gasteiger partial charge < -0.3 is 5.11 Å². The van der Waals surface area contributed by atoms with Gasteiger partial charge in [-0.15, -0.1) is 0 Å². The Bertz CT molecular complexity index is 380. The fraction of sp³-hybridized carbons (Fsp3) is 0.267. The van der Waals surface area contributed by atoms with Crippen LogP contribution < -0.4 is 0 Å². The fourth-order valence-electron chi connectivity index (χ4n) is 0.926. The second kappa shape index (κ2) is 9.55.